The van der Waals surface area contributed by atoms with Gasteiger partial charge < -0.3 is 10.4 Å². The molecule has 1 heterocycles. The molecular formula is C10H21NO2. The number of carbonyl (C=O) groups is 1. The van der Waals surface area contributed by atoms with Gasteiger partial charge in [0.2, 0.25) is 5.91 Å². The molecule has 1 amide bonds. The fourth-order valence-corrected chi connectivity index (χ4v) is 1.14. The molecule has 0 aromatic carbocycles. The molecular weight excluding hydrogens is 166 g/mol. The Labute approximate surface area is 80.5 Å². The van der Waals surface area contributed by atoms with Crippen LogP contribution < -0.4 is 5.32 Å². The van der Waals surface area contributed by atoms with E-state index in [0.29, 0.717) is 12.6 Å². The maximum Gasteiger partial charge on any atom is 0.220 e. The van der Waals surface area contributed by atoms with Crippen LogP contribution in [0.25, 0.3) is 0 Å². The van der Waals surface area contributed by atoms with Crippen LogP contribution in [0.5, 0.6) is 0 Å². The molecule has 0 spiro atoms. The van der Waals surface area contributed by atoms with Crippen LogP contribution in [0.15, 0.2) is 0 Å². The Hall–Kier alpha value is -0.570. The van der Waals surface area contributed by atoms with Gasteiger partial charge in [-0.15, -0.1) is 0 Å². The summed E-state index contributed by atoms with van der Waals surface area (Å²) in [4.78, 5) is 10.5. The molecule has 0 aromatic rings. The second-order valence-corrected chi connectivity index (χ2v) is 3.29. The third kappa shape index (κ3) is 6.58. The summed E-state index contributed by atoms with van der Waals surface area (Å²) < 4.78 is 0. The molecule has 2 N–H and O–H groups in total. The molecule has 0 bridgehead atoms. The van der Waals surface area contributed by atoms with Crippen molar-refractivity contribution in [3.8, 4) is 0 Å². The first-order valence-corrected chi connectivity index (χ1v) is 5.14. The van der Waals surface area contributed by atoms with Crippen LogP contribution in [-0.4, -0.2) is 23.7 Å². The van der Waals surface area contributed by atoms with Crippen molar-refractivity contribution in [2.75, 3.05) is 6.61 Å². The van der Waals surface area contributed by atoms with Crippen molar-refractivity contribution < 1.29 is 9.90 Å². The quantitative estimate of drug-likeness (QED) is 0.702. The minimum Gasteiger partial charge on any atom is -0.396 e. The molecule has 1 saturated heterocycles. The highest BCUT2D eigenvalue weighted by atomic mass is 16.2. The molecule has 0 aliphatic carbocycles. The zero-order chi connectivity index (χ0) is 10.1. The summed E-state index contributed by atoms with van der Waals surface area (Å²) in [6, 6.07) is 0.475. The SMILES string of the molecule is CCC1CCC(=O)N1.CCCCO. The molecule has 1 atom stereocenters. The Morgan fingerprint density at radius 2 is 2.23 bits per heavy atom. The van der Waals surface area contributed by atoms with Gasteiger partial charge in [0.15, 0.2) is 0 Å². The number of nitrogens with one attached hydrogen (secondary N) is 1. The van der Waals surface area contributed by atoms with Crippen LogP contribution in [0.2, 0.25) is 0 Å². The van der Waals surface area contributed by atoms with Gasteiger partial charge in [0, 0.05) is 19.1 Å². The molecule has 1 aliphatic heterocycles. The first-order valence-electron chi connectivity index (χ1n) is 5.14. The molecule has 1 rings (SSSR count). The largest absolute Gasteiger partial charge is 0.396 e. The van der Waals surface area contributed by atoms with Crippen LogP contribution in [0.3, 0.4) is 0 Å². The van der Waals surface area contributed by atoms with Crippen molar-refractivity contribution in [2.45, 2.75) is 52.0 Å². The van der Waals surface area contributed by atoms with E-state index in [0.717, 1.165) is 32.1 Å². The fraction of sp³-hybridized carbons (Fsp3) is 0.900. The number of unbranched alkanes of at least 4 members (excludes halogenated alkanes) is 1. The lowest BCUT2D eigenvalue weighted by Gasteiger charge is -2.02. The van der Waals surface area contributed by atoms with Crippen molar-refractivity contribution in [1.82, 2.24) is 5.32 Å². The molecule has 0 aromatic heterocycles. The summed E-state index contributed by atoms with van der Waals surface area (Å²) in [5, 5.41) is 10.9. The lowest BCUT2D eigenvalue weighted by atomic mass is 10.2. The zero-order valence-corrected chi connectivity index (χ0v) is 8.68. The molecule has 0 radical (unpaired) electrons. The van der Waals surface area contributed by atoms with Gasteiger partial charge in [-0.1, -0.05) is 20.3 Å². The van der Waals surface area contributed by atoms with E-state index < -0.39 is 0 Å². The van der Waals surface area contributed by atoms with E-state index in [-0.39, 0.29) is 5.91 Å². The molecule has 1 fully saturated rings. The highest BCUT2D eigenvalue weighted by Crippen LogP contribution is 2.08. The van der Waals surface area contributed by atoms with Gasteiger partial charge in [-0.05, 0) is 19.3 Å². The topological polar surface area (TPSA) is 49.3 Å². The summed E-state index contributed by atoms with van der Waals surface area (Å²) in [5.41, 5.74) is 0. The number of amides is 1. The molecule has 3 nitrogen and oxygen atoms in total. The van der Waals surface area contributed by atoms with E-state index in [1.54, 1.807) is 0 Å². The van der Waals surface area contributed by atoms with Crippen LogP contribution in [0.4, 0.5) is 0 Å². The Morgan fingerprint density at radius 3 is 2.38 bits per heavy atom. The number of rotatable bonds is 3. The van der Waals surface area contributed by atoms with Gasteiger partial charge in [-0.2, -0.15) is 0 Å². The highest BCUT2D eigenvalue weighted by Gasteiger charge is 2.17. The van der Waals surface area contributed by atoms with Crippen LogP contribution >= 0.6 is 0 Å². The maximum absolute atomic E-state index is 10.5. The van der Waals surface area contributed by atoms with Gasteiger partial charge in [0.1, 0.15) is 0 Å². The van der Waals surface area contributed by atoms with Crippen LogP contribution in [0, 0.1) is 0 Å². The van der Waals surface area contributed by atoms with Crippen LogP contribution in [-0.2, 0) is 4.79 Å². The Balaban J connectivity index is 0.000000252. The summed E-state index contributed by atoms with van der Waals surface area (Å²) >= 11 is 0. The molecule has 3 heteroatoms. The smallest absolute Gasteiger partial charge is 0.220 e. The lowest BCUT2D eigenvalue weighted by molar-refractivity contribution is -0.119. The zero-order valence-electron chi connectivity index (χ0n) is 8.68. The van der Waals surface area contributed by atoms with E-state index in [4.69, 9.17) is 5.11 Å². The molecule has 13 heavy (non-hydrogen) atoms. The molecule has 1 unspecified atom stereocenters. The summed E-state index contributed by atoms with van der Waals surface area (Å²) in [5.74, 6) is 0.219. The Morgan fingerprint density at radius 1 is 1.54 bits per heavy atom. The Bertz CT molecular complexity index is 135. The lowest BCUT2D eigenvalue weighted by Crippen LogP contribution is -2.23. The Kier molecular flexibility index (Phi) is 7.69. The van der Waals surface area contributed by atoms with Crippen molar-refractivity contribution >= 4 is 5.91 Å². The first-order chi connectivity index (χ1) is 6.24. The van der Waals surface area contributed by atoms with Crippen molar-refractivity contribution in [2.24, 2.45) is 0 Å². The highest BCUT2D eigenvalue weighted by molar-refractivity contribution is 5.78. The predicted molar refractivity (Wildman–Crippen MR) is 53.4 cm³/mol. The average Bonchev–Trinajstić information content (AvgIpc) is 2.54. The summed E-state index contributed by atoms with van der Waals surface area (Å²) in [7, 11) is 0. The molecule has 0 saturated carbocycles. The minimum absolute atomic E-state index is 0.219. The monoisotopic (exact) mass is 187 g/mol. The van der Waals surface area contributed by atoms with Gasteiger partial charge >= 0.3 is 0 Å². The van der Waals surface area contributed by atoms with Crippen LogP contribution in [0.1, 0.15) is 46.0 Å². The predicted octanol–water partition coefficient (Wildman–Crippen LogP) is 1.45. The average molecular weight is 187 g/mol. The fourth-order valence-electron chi connectivity index (χ4n) is 1.14. The van der Waals surface area contributed by atoms with E-state index in [1.165, 1.54) is 0 Å². The van der Waals surface area contributed by atoms with E-state index in [9.17, 15) is 4.79 Å². The van der Waals surface area contributed by atoms with E-state index in [2.05, 4.69) is 19.2 Å². The number of hydrogen-bond acceptors (Lipinski definition) is 2. The third-order valence-electron chi connectivity index (χ3n) is 2.09. The standard InChI is InChI=1S/C6H11NO.C4H10O/c1-2-5-3-4-6(8)7-5;1-2-3-4-5/h5H,2-4H2,1H3,(H,7,8);5H,2-4H2,1H3. The third-order valence-corrected chi connectivity index (χ3v) is 2.09. The van der Waals surface area contributed by atoms with Gasteiger partial charge in [0.05, 0.1) is 0 Å². The normalized spacial score (nSPS) is 20.5. The maximum atomic E-state index is 10.5. The van der Waals surface area contributed by atoms with Crippen molar-refractivity contribution in [3.05, 3.63) is 0 Å². The number of carbonyl (C=O) groups excluding carboxylic acids is 1. The molecule has 1 aliphatic rings. The minimum atomic E-state index is 0.219. The van der Waals surface area contributed by atoms with Crippen molar-refractivity contribution in [1.29, 1.82) is 0 Å². The number of aliphatic hydroxyl groups is 1. The van der Waals surface area contributed by atoms with Crippen molar-refractivity contribution in [3.63, 3.8) is 0 Å². The van der Waals surface area contributed by atoms with E-state index >= 15 is 0 Å². The second-order valence-electron chi connectivity index (χ2n) is 3.29. The molecule has 78 valence electrons. The van der Waals surface area contributed by atoms with E-state index in [1.807, 2.05) is 0 Å². The first kappa shape index (κ1) is 12.4. The summed E-state index contributed by atoms with van der Waals surface area (Å²) in [6.07, 6.45) is 4.88. The number of aliphatic hydroxyl groups excluding tert-OH is 1. The second kappa shape index (κ2) is 8.05. The number of hydrogen-bond donors (Lipinski definition) is 2. The van der Waals surface area contributed by atoms with Gasteiger partial charge in [0.25, 0.3) is 0 Å². The van der Waals surface area contributed by atoms with Gasteiger partial charge in [-0.3, -0.25) is 4.79 Å². The van der Waals surface area contributed by atoms with Gasteiger partial charge in [-0.25, -0.2) is 0 Å². The summed E-state index contributed by atoms with van der Waals surface area (Å²) in [6.45, 7) is 4.49.